The van der Waals surface area contributed by atoms with E-state index < -0.39 is 0 Å². The van der Waals surface area contributed by atoms with Crippen molar-refractivity contribution < 1.29 is 4.74 Å². The van der Waals surface area contributed by atoms with Crippen LogP contribution in [0.15, 0.2) is 42.5 Å². The maximum absolute atomic E-state index is 6.26. The Morgan fingerprint density at radius 3 is 2.58 bits per heavy atom. The van der Waals surface area contributed by atoms with Crippen LogP contribution in [0.25, 0.3) is 0 Å². The molecule has 1 N–H and O–H groups in total. The molecular weight excluding hydrogens is 258 g/mol. The second kappa shape index (κ2) is 6.60. The minimum absolute atomic E-state index is 0.638. The summed E-state index contributed by atoms with van der Waals surface area (Å²) in [6.45, 7) is 2.91. The SMILES string of the molecule is CCc1ccccc1Oc1ccc(CNC)cc1Cl. The molecular formula is C16H18ClNO. The monoisotopic (exact) mass is 275 g/mol. The summed E-state index contributed by atoms with van der Waals surface area (Å²) in [5.41, 5.74) is 2.32. The van der Waals surface area contributed by atoms with Gasteiger partial charge in [0.1, 0.15) is 11.5 Å². The first-order valence-electron chi connectivity index (χ1n) is 6.43. The van der Waals surface area contributed by atoms with Crippen molar-refractivity contribution in [3.05, 3.63) is 58.6 Å². The Kier molecular flexibility index (Phi) is 4.83. The van der Waals surface area contributed by atoms with Crippen molar-refractivity contribution in [3.8, 4) is 11.5 Å². The molecule has 0 atom stereocenters. The number of nitrogens with one attached hydrogen (secondary N) is 1. The number of hydrogen-bond donors (Lipinski definition) is 1. The molecule has 19 heavy (non-hydrogen) atoms. The van der Waals surface area contributed by atoms with Gasteiger partial charge in [-0.1, -0.05) is 42.8 Å². The average Bonchev–Trinajstić information content (AvgIpc) is 2.43. The summed E-state index contributed by atoms with van der Waals surface area (Å²) in [5, 5.41) is 3.74. The molecule has 0 aliphatic rings. The maximum Gasteiger partial charge on any atom is 0.146 e. The third-order valence-corrected chi connectivity index (χ3v) is 3.25. The van der Waals surface area contributed by atoms with Crippen molar-refractivity contribution in [2.45, 2.75) is 19.9 Å². The predicted molar refractivity (Wildman–Crippen MR) is 80.1 cm³/mol. The summed E-state index contributed by atoms with van der Waals surface area (Å²) >= 11 is 6.26. The van der Waals surface area contributed by atoms with Gasteiger partial charge in [-0.25, -0.2) is 0 Å². The van der Waals surface area contributed by atoms with Gasteiger partial charge < -0.3 is 10.1 Å². The normalized spacial score (nSPS) is 10.5. The molecule has 2 rings (SSSR count). The molecule has 2 aromatic rings. The number of benzene rings is 2. The molecule has 0 amide bonds. The lowest BCUT2D eigenvalue weighted by Gasteiger charge is -2.12. The highest BCUT2D eigenvalue weighted by atomic mass is 35.5. The Balaban J connectivity index is 2.23. The number of halogens is 1. The van der Waals surface area contributed by atoms with Crippen LogP contribution in [-0.4, -0.2) is 7.05 Å². The second-order valence-corrected chi connectivity index (χ2v) is 4.77. The molecule has 0 saturated heterocycles. The minimum atomic E-state index is 0.638. The Labute approximate surface area is 119 Å². The van der Waals surface area contributed by atoms with E-state index in [0.29, 0.717) is 10.8 Å². The van der Waals surface area contributed by atoms with Gasteiger partial charge in [0.25, 0.3) is 0 Å². The fraction of sp³-hybridized carbons (Fsp3) is 0.250. The van der Waals surface area contributed by atoms with Gasteiger partial charge in [-0.3, -0.25) is 0 Å². The Morgan fingerprint density at radius 1 is 1.11 bits per heavy atom. The van der Waals surface area contributed by atoms with Crippen LogP contribution in [0.3, 0.4) is 0 Å². The van der Waals surface area contributed by atoms with Crippen LogP contribution < -0.4 is 10.1 Å². The summed E-state index contributed by atoms with van der Waals surface area (Å²) in [6, 6.07) is 13.9. The van der Waals surface area contributed by atoms with E-state index in [1.807, 2.05) is 43.4 Å². The van der Waals surface area contributed by atoms with Gasteiger partial charge in [0.15, 0.2) is 0 Å². The van der Waals surface area contributed by atoms with Gasteiger partial charge in [-0.2, -0.15) is 0 Å². The topological polar surface area (TPSA) is 21.3 Å². The van der Waals surface area contributed by atoms with Gasteiger partial charge >= 0.3 is 0 Å². The van der Waals surface area contributed by atoms with E-state index in [2.05, 4.69) is 18.3 Å². The molecule has 0 heterocycles. The van der Waals surface area contributed by atoms with E-state index in [9.17, 15) is 0 Å². The average molecular weight is 276 g/mol. The van der Waals surface area contributed by atoms with Crippen LogP contribution in [0.5, 0.6) is 11.5 Å². The van der Waals surface area contributed by atoms with E-state index in [1.165, 1.54) is 5.56 Å². The number of aryl methyl sites for hydroxylation is 1. The van der Waals surface area contributed by atoms with Crippen LogP contribution in [0.2, 0.25) is 5.02 Å². The first kappa shape index (κ1) is 13.9. The van der Waals surface area contributed by atoms with E-state index in [4.69, 9.17) is 16.3 Å². The Bertz CT molecular complexity index is 554. The quantitative estimate of drug-likeness (QED) is 0.872. The van der Waals surface area contributed by atoms with Crippen LogP contribution in [-0.2, 0) is 13.0 Å². The lowest BCUT2D eigenvalue weighted by Crippen LogP contribution is -2.04. The molecule has 0 bridgehead atoms. The molecule has 2 aromatic carbocycles. The fourth-order valence-corrected chi connectivity index (χ4v) is 2.20. The molecule has 0 spiro atoms. The second-order valence-electron chi connectivity index (χ2n) is 4.36. The Hall–Kier alpha value is -1.51. The zero-order valence-electron chi connectivity index (χ0n) is 11.2. The molecule has 3 heteroatoms. The van der Waals surface area contributed by atoms with E-state index >= 15 is 0 Å². The maximum atomic E-state index is 6.26. The molecule has 0 aliphatic carbocycles. The van der Waals surface area contributed by atoms with Crippen molar-refractivity contribution in [3.63, 3.8) is 0 Å². The van der Waals surface area contributed by atoms with Crippen molar-refractivity contribution >= 4 is 11.6 Å². The third kappa shape index (κ3) is 3.49. The van der Waals surface area contributed by atoms with Crippen molar-refractivity contribution in [2.24, 2.45) is 0 Å². The van der Waals surface area contributed by atoms with Crippen molar-refractivity contribution in [1.29, 1.82) is 0 Å². The van der Waals surface area contributed by atoms with Gasteiger partial charge in [-0.05, 0) is 42.8 Å². The van der Waals surface area contributed by atoms with E-state index in [1.54, 1.807) is 0 Å². The largest absolute Gasteiger partial charge is 0.456 e. The van der Waals surface area contributed by atoms with Crippen LogP contribution in [0, 0.1) is 0 Å². The highest BCUT2D eigenvalue weighted by Crippen LogP contribution is 2.32. The molecule has 2 nitrogen and oxygen atoms in total. The zero-order valence-corrected chi connectivity index (χ0v) is 12.0. The first-order valence-corrected chi connectivity index (χ1v) is 6.81. The van der Waals surface area contributed by atoms with E-state index in [-0.39, 0.29) is 0 Å². The van der Waals surface area contributed by atoms with Gasteiger partial charge in [0.2, 0.25) is 0 Å². The van der Waals surface area contributed by atoms with Crippen molar-refractivity contribution in [1.82, 2.24) is 5.32 Å². The highest BCUT2D eigenvalue weighted by molar-refractivity contribution is 6.32. The summed E-state index contributed by atoms with van der Waals surface area (Å²) in [4.78, 5) is 0. The summed E-state index contributed by atoms with van der Waals surface area (Å²) < 4.78 is 5.91. The fourth-order valence-electron chi connectivity index (χ4n) is 1.96. The van der Waals surface area contributed by atoms with Crippen molar-refractivity contribution in [2.75, 3.05) is 7.05 Å². The first-order chi connectivity index (χ1) is 9.24. The Morgan fingerprint density at radius 2 is 1.89 bits per heavy atom. The molecule has 0 aromatic heterocycles. The number of para-hydroxylation sites is 1. The lowest BCUT2D eigenvalue weighted by atomic mass is 10.1. The van der Waals surface area contributed by atoms with Crippen LogP contribution in [0.4, 0.5) is 0 Å². The third-order valence-electron chi connectivity index (χ3n) is 2.95. The molecule has 0 aliphatic heterocycles. The van der Waals surface area contributed by atoms with Crippen LogP contribution >= 0.6 is 11.6 Å². The molecule has 0 radical (unpaired) electrons. The van der Waals surface area contributed by atoms with Gasteiger partial charge in [-0.15, -0.1) is 0 Å². The summed E-state index contributed by atoms with van der Waals surface area (Å²) in [5.74, 6) is 1.57. The summed E-state index contributed by atoms with van der Waals surface area (Å²) in [6.07, 6.45) is 0.936. The lowest BCUT2D eigenvalue weighted by molar-refractivity contribution is 0.477. The molecule has 100 valence electrons. The highest BCUT2D eigenvalue weighted by Gasteiger charge is 2.07. The summed E-state index contributed by atoms with van der Waals surface area (Å²) in [7, 11) is 1.91. The molecule has 0 saturated carbocycles. The predicted octanol–water partition coefficient (Wildman–Crippen LogP) is 4.41. The number of ether oxygens (including phenoxy) is 1. The van der Waals surface area contributed by atoms with Crippen LogP contribution in [0.1, 0.15) is 18.1 Å². The molecule has 0 fully saturated rings. The van der Waals surface area contributed by atoms with E-state index in [0.717, 1.165) is 24.3 Å². The standard InChI is InChI=1S/C16H18ClNO/c1-3-13-6-4-5-7-15(13)19-16-9-8-12(11-18-2)10-14(16)17/h4-10,18H,3,11H2,1-2H3. The number of hydrogen-bond acceptors (Lipinski definition) is 2. The minimum Gasteiger partial charge on any atom is -0.456 e. The smallest absolute Gasteiger partial charge is 0.146 e. The van der Waals surface area contributed by atoms with Gasteiger partial charge in [0, 0.05) is 6.54 Å². The van der Waals surface area contributed by atoms with Gasteiger partial charge in [0.05, 0.1) is 5.02 Å². The molecule has 0 unspecified atom stereocenters. The number of rotatable bonds is 5. The zero-order chi connectivity index (χ0) is 13.7.